The van der Waals surface area contributed by atoms with Gasteiger partial charge in [-0.1, -0.05) is 31.4 Å². The van der Waals surface area contributed by atoms with Crippen LogP contribution in [0.4, 0.5) is 18.9 Å². The van der Waals surface area contributed by atoms with Gasteiger partial charge in [0.1, 0.15) is 11.5 Å². The minimum absolute atomic E-state index is 0.121. The molecule has 1 atom stereocenters. The van der Waals surface area contributed by atoms with Crippen LogP contribution >= 0.6 is 0 Å². The zero-order valence-electron chi connectivity index (χ0n) is 18.3. The molecule has 3 aromatic rings. The van der Waals surface area contributed by atoms with Crippen molar-refractivity contribution in [2.75, 3.05) is 5.32 Å². The number of alkyl halides is 3. The number of aryl methyl sites for hydroxylation is 1. The zero-order chi connectivity index (χ0) is 23.6. The SMILES string of the molecule is Cc1cc(-c2ccc(C(F)(F)F)cc2)oc1C(Nc1ccc(C(=O)O)cc1)C1CCCCC1. The molecule has 2 N–H and O–H groups in total. The molecular weight excluding hydrogens is 431 g/mol. The van der Waals surface area contributed by atoms with Gasteiger partial charge in [0, 0.05) is 11.3 Å². The molecule has 0 spiro atoms. The van der Waals surface area contributed by atoms with Crippen LogP contribution in [0.3, 0.4) is 0 Å². The molecule has 0 aliphatic heterocycles. The molecule has 4 nitrogen and oxygen atoms in total. The van der Waals surface area contributed by atoms with Gasteiger partial charge < -0.3 is 14.8 Å². The quantitative estimate of drug-likeness (QED) is 0.398. The van der Waals surface area contributed by atoms with Crippen LogP contribution in [0.2, 0.25) is 0 Å². The number of benzene rings is 2. The van der Waals surface area contributed by atoms with E-state index in [0.29, 0.717) is 17.2 Å². The molecule has 0 radical (unpaired) electrons. The van der Waals surface area contributed by atoms with E-state index in [2.05, 4.69) is 5.32 Å². The van der Waals surface area contributed by atoms with Crippen LogP contribution in [0.1, 0.15) is 65.4 Å². The van der Waals surface area contributed by atoms with Gasteiger partial charge in [0.25, 0.3) is 0 Å². The molecule has 1 aliphatic rings. The highest BCUT2D eigenvalue weighted by Gasteiger charge is 2.31. The van der Waals surface area contributed by atoms with Crippen molar-refractivity contribution in [1.29, 1.82) is 0 Å². The highest BCUT2D eigenvalue weighted by molar-refractivity contribution is 5.88. The smallest absolute Gasteiger partial charge is 0.416 e. The van der Waals surface area contributed by atoms with Crippen LogP contribution in [0.5, 0.6) is 0 Å². The summed E-state index contributed by atoms with van der Waals surface area (Å²) in [6, 6.07) is 13.3. The fraction of sp³-hybridized carbons (Fsp3) is 0.346. The van der Waals surface area contributed by atoms with Gasteiger partial charge in [0.2, 0.25) is 0 Å². The number of hydrogen-bond acceptors (Lipinski definition) is 3. The lowest BCUT2D eigenvalue weighted by Crippen LogP contribution is -2.23. The van der Waals surface area contributed by atoms with Crippen LogP contribution < -0.4 is 5.32 Å². The standard InChI is InChI=1S/C26H26F3NO3/c1-16-15-22(17-7-11-20(12-8-17)26(27,28)29)33-24(16)23(18-5-3-2-4-6-18)30-21-13-9-19(10-14-21)25(31)32/h7-15,18,23,30H,2-6H2,1H3,(H,31,32). The van der Waals surface area contributed by atoms with Crippen molar-refractivity contribution in [3.63, 3.8) is 0 Å². The van der Waals surface area contributed by atoms with Gasteiger partial charge >= 0.3 is 12.1 Å². The molecule has 1 aliphatic carbocycles. The second kappa shape index (κ2) is 9.33. The number of aromatic carboxylic acids is 1. The highest BCUT2D eigenvalue weighted by atomic mass is 19.4. The average Bonchev–Trinajstić information content (AvgIpc) is 3.19. The van der Waals surface area contributed by atoms with Gasteiger partial charge in [-0.25, -0.2) is 4.79 Å². The first kappa shape index (κ1) is 23.0. The van der Waals surface area contributed by atoms with Crippen molar-refractivity contribution in [3.8, 4) is 11.3 Å². The fourth-order valence-corrected chi connectivity index (χ4v) is 4.52. The maximum Gasteiger partial charge on any atom is 0.416 e. The lowest BCUT2D eigenvalue weighted by Gasteiger charge is -2.31. The molecule has 1 heterocycles. The topological polar surface area (TPSA) is 62.5 Å². The molecule has 4 rings (SSSR count). The van der Waals surface area contributed by atoms with E-state index in [9.17, 15) is 18.0 Å². The monoisotopic (exact) mass is 457 g/mol. The van der Waals surface area contributed by atoms with Gasteiger partial charge in [-0.15, -0.1) is 0 Å². The minimum atomic E-state index is -4.38. The molecule has 1 fully saturated rings. The zero-order valence-corrected chi connectivity index (χ0v) is 18.3. The summed E-state index contributed by atoms with van der Waals surface area (Å²) in [5.41, 5.74) is 1.83. The number of nitrogens with one attached hydrogen (secondary N) is 1. The fourth-order valence-electron chi connectivity index (χ4n) is 4.52. The van der Waals surface area contributed by atoms with Crippen LogP contribution in [-0.2, 0) is 6.18 Å². The number of carboxylic acid groups (broad SMARTS) is 1. The van der Waals surface area contributed by atoms with E-state index in [0.717, 1.165) is 54.8 Å². The predicted molar refractivity (Wildman–Crippen MR) is 120 cm³/mol. The Bertz CT molecular complexity index is 1100. The third-order valence-electron chi connectivity index (χ3n) is 6.31. The van der Waals surface area contributed by atoms with Gasteiger partial charge in [-0.05, 0) is 73.7 Å². The number of halogens is 3. The first-order valence-corrected chi connectivity index (χ1v) is 11.1. The van der Waals surface area contributed by atoms with Crippen LogP contribution in [-0.4, -0.2) is 11.1 Å². The second-order valence-electron chi connectivity index (χ2n) is 8.64. The molecule has 1 unspecified atom stereocenters. The Morgan fingerprint density at radius 2 is 1.67 bits per heavy atom. The van der Waals surface area contributed by atoms with Gasteiger partial charge in [-0.3, -0.25) is 0 Å². The molecule has 0 saturated heterocycles. The van der Waals surface area contributed by atoms with Crippen LogP contribution in [0.15, 0.2) is 59.0 Å². The summed E-state index contributed by atoms with van der Waals surface area (Å²) in [4.78, 5) is 11.2. The van der Waals surface area contributed by atoms with Crippen molar-refractivity contribution < 1.29 is 27.5 Å². The Hall–Kier alpha value is -3.22. The van der Waals surface area contributed by atoms with E-state index in [1.54, 1.807) is 24.3 Å². The first-order chi connectivity index (χ1) is 15.7. The summed E-state index contributed by atoms with van der Waals surface area (Å²) in [6.45, 7) is 1.94. The third-order valence-corrected chi connectivity index (χ3v) is 6.31. The highest BCUT2D eigenvalue weighted by Crippen LogP contribution is 2.40. The summed E-state index contributed by atoms with van der Waals surface area (Å²) in [7, 11) is 0. The van der Waals surface area contributed by atoms with Gasteiger partial charge in [0.15, 0.2) is 0 Å². The number of hydrogen-bond donors (Lipinski definition) is 2. The molecule has 2 aromatic carbocycles. The molecule has 174 valence electrons. The van der Waals surface area contributed by atoms with Gasteiger partial charge in [-0.2, -0.15) is 13.2 Å². The van der Waals surface area contributed by atoms with E-state index in [4.69, 9.17) is 9.52 Å². The summed E-state index contributed by atoms with van der Waals surface area (Å²) < 4.78 is 45.0. The van der Waals surface area contributed by atoms with Gasteiger partial charge in [0.05, 0.1) is 17.2 Å². The second-order valence-corrected chi connectivity index (χ2v) is 8.64. The molecule has 1 saturated carbocycles. The summed E-state index contributed by atoms with van der Waals surface area (Å²) in [6.07, 6.45) is 1.17. The molecule has 7 heteroatoms. The maximum atomic E-state index is 12.9. The van der Waals surface area contributed by atoms with E-state index in [1.807, 2.05) is 13.0 Å². The van der Waals surface area contributed by atoms with Crippen molar-refractivity contribution >= 4 is 11.7 Å². The third kappa shape index (κ3) is 5.24. The van der Waals surface area contributed by atoms with Crippen molar-refractivity contribution in [3.05, 3.63) is 77.0 Å². The molecule has 0 bridgehead atoms. The Morgan fingerprint density at radius 1 is 1.03 bits per heavy atom. The van der Waals surface area contributed by atoms with E-state index < -0.39 is 17.7 Å². The number of carbonyl (C=O) groups is 1. The molecular formula is C26H26F3NO3. The molecule has 0 amide bonds. The van der Waals surface area contributed by atoms with E-state index >= 15 is 0 Å². The van der Waals surface area contributed by atoms with E-state index in [1.165, 1.54) is 18.6 Å². The number of furan rings is 1. The normalized spacial score (nSPS) is 15.9. The van der Waals surface area contributed by atoms with Crippen LogP contribution in [0, 0.1) is 12.8 Å². The number of rotatable bonds is 6. The molecule has 33 heavy (non-hydrogen) atoms. The summed E-state index contributed by atoms with van der Waals surface area (Å²) in [5, 5.41) is 12.7. The molecule has 1 aromatic heterocycles. The van der Waals surface area contributed by atoms with Crippen molar-refractivity contribution in [1.82, 2.24) is 0 Å². The largest absolute Gasteiger partial charge is 0.478 e. The lowest BCUT2D eigenvalue weighted by atomic mass is 9.82. The van der Waals surface area contributed by atoms with E-state index in [-0.39, 0.29) is 11.6 Å². The number of carboxylic acids is 1. The minimum Gasteiger partial charge on any atom is -0.478 e. The summed E-state index contributed by atoms with van der Waals surface area (Å²) in [5.74, 6) is 0.649. The van der Waals surface area contributed by atoms with Crippen molar-refractivity contribution in [2.24, 2.45) is 5.92 Å². The van der Waals surface area contributed by atoms with Crippen LogP contribution in [0.25, 0.3) is 11.3 Å². The Morgan fingerprint density at radius 3 is 2.24 bits per heavy atom. The van der Waals surface area contributed by atoms with Crippen molar-refractivity contribution in [2.45, 2.75) is 51.2 Å². The predicted octanol–water partition coefficient (Wildman–Crippen LogP) is 7.71. The Kier molecular flexibility index (Phi) is 6.49. The maximum absolute atomic E-state index is 12.9. The lowest BCUT2D eigenvalue weighted by molar-refractivity contribution is -0.137. The Labute approximate surface area is 190 Å². The number of anilines is 1. The Balaban J connectivity index is 1.64. The summed E-state index contributed by atoms with van der Waals surface area (Å²) >= 11 is 0. The first-order valence-electron chi connectivity index (χ1n) is 11.1. The average molecular weight is 457 g/mol.